The van der Waals surface area contributed by atoms with E-state index in [4.69, 9.17) is 0 Å². The highest BCUT2D eigenvalue weighted by Gasteiger charge is 2.16. The maximum atomic E-state index is 12.2. The van der Waals surface area contributed by atoms with Crippen molar-refractivity contribution >= 4 is 23.4 Å². The van der Waals surface area contributed by atoms with E-state index in [1.807, 2.05) is 66.1 Å². The molecule has 0 aliphatic carbocycles. The van der Waals surface area contributed by atoms with Crippen LogP contribution in [0.15, 0.2) is 72.4 Å². The Morgan fingerprint density at radius 2 is 1.88 bits per heavy atom. The van der Waals surface area contributed by atoms with Crippen molar-refractivity contribution in [1.82, 2.24) is 14.8 Å². The van der Waals surface area contributed by atoms with Gasteiger partial charge in [0.15, 0.2) is 11.0 Å². The molecule has 0 saturated carbocycles. The van der Waals surface area contributed by atoms with Crippen LogP contribution >= 0.6 is 11.8 Å². The minimum Gasteiger partial charge on any atom is -0.325 e. The zero-order valence-electron chi connectivity index (χ0n) is 14.6. The summed E-state index contributed by atoms with van der Waals surface area (Å²) in [6, 6.07) is 17.5. The lowest BCUT2D eigenvalue weighted by molar-refractivity contribution is -0.113. The van der Waals surface area contributed by atoms with Crippen LogP contribution < -0.4 is 5.32 Å². The van der Waals surface area contributed by atoms with Gasteiger partial charge in [-0.05, 0) is 24.6 Å². The van der Waals surface area contributed by atoms with E-state index >= 15 is 0 Å². The lowest BCUT2D eigenvalue weighted by atomic mass is 10.1. The summed E-state index contributed by atoms with van der Waals surface area (Å²) in [7, 11) is 0. The van der Waals surface area contributed by atoms with Crippen LogP contribution in [0.5, 0.6) is 0 Å². The summed E-state index contributed by atoms with van der Waals surface area (Å²) in [5.74, 6) is 0.971. The Labute approximate surface area is 157 Å². The van der Waals surface area contributed by atoms with E-state index in [-0.39, 0.29) is 11.7 Å². The number of nitrogens with zero attached hydrogens (tertiary/aromatic N) is 3. The van der Waals surface area contributed by atoms with E-state index in [1.54, 1.807) is 6.08 Å². The van der Waals surface area contributed by atoms with E-state index in [1.165, 1.54) is 11.8 Å². The molecule has 1 amide bonds. The first-order valence-corrected chi connectivity index (χ1v) is 9.25. The molecule has 0 spiro atoms. The molecule has 0 aliphatic rings. The van der Waals surface area contributed by atoms with Gasteiger partial charge >= 0.3 is 0 Å². The third-order valence-electron chi connectivity index (χ3n) is 3.80. The number of carbonyl (C=O) groups is 1. The van der Waals surface area contributed by atoms with E-state index in [0.29, 0.717) is 11.7 Å². The summed E-state index contributed by atoms with van der Waals surface area (Å²) in [5.41, 5.74) is 2.94. The number of para-hydroxylation sites is 1. The molecular weight excluding hydrogens is 344 g/mol. The lowest BCUT2D eigenvalue weighted by Gasteiger charge is -2.09. The smallest absolute Gasteiger partial charge is 0.234 e. The van der Waals surface area contributed by atoms with Crippen molar-refractivity contribution in [3.05, 3.63) is 72.8 Å². The number of thioether (sulfide) groups is 1. The Morgan fingerprint density at radius 3 is 2.62 bits per heavy atom. The van der Waals surface area contributed by atoms with Crippen LogP contribution in [-0.2, 0) is 11.3 Å². The van der Waals surface area contributed by atoms with E-state index in [0.717, 1.165) is 22.6 Å². The summed E-state index contributed by atoms with van der Waals surface area (Å²) in [5, 5.41) is 12.2. The quantitative estimate of drug-likeness (QED) is 0.505. The Bertz CT molecular complexity index is 905. The fourth-order valence-electron chi connectivity index (χ4n) is 2.56. The normalized spacial score (nSPS) is 10.5. The van der Waals surface area contributed by atoms with Crippen LogP contribution in [0.1, 0.15) is 5.56 Å². The van der Waals surface area contributed by atoms with Gasteiger partial charge in [-0.15, -0.1) is 16.8 Å². The third kappa shape index (κ3) is 4.21. The largest absolute Gasteiger partial charge is 0.325 e. The predicted octanol–water partition coefficient (Wildman–Crippen LogP) is 4.17. The van der Waals surface area contributed by atoms with Crippen molar-refractivity contribution in [2.75, 3.05) is 11.1 Å². The van der Waals surface area contributed by atoms with Gasteiger partial charge < -0.3 is 5.32 Å². The number of aryl methyl sites for hydroxylation is 1. The molecule has 5 nitrogen and oxygen atoms in total. The highest BCUT2D eigenvalue weighted by atomic mass is 32.2. The highest BCUT2D eigenvalue weighted by Crippen LogP contribution is 2.26. The molecule has 6 heteroatoms. The van der Waals surface area contributed by atoms with Gasteiger partial charge in [0.2, 0.25) is 5.91 Å². The maximum Gasteiger partial charge on any atom is 0.234 e. The maximum absolute atomic E-state index is 12.2. The molecule has 0 bridgehead atoms. The van der Waals surface area contributed by atoms with Gasteiger partial charge in [0.05, 0.1) is 5.75 Å². The van der Waals surface area contributed by atoms with Crippen molar-refractivity contribution in [3.63, 3.8) is 0 Å². The fraction of sp³-hybridized carbons (Fsp3) is 0.150. The van der Waals surface area contributed by atoms with Gasteiger partial charge in [-0.25, -0.2) is 0 Å². The molecule has 3 rings (SSSR count). The number of nitrogens with one attached hydrogen (secondary N) is 1. The summed E-state index contributed by atoms with van der Waals surface area (Å²) < 4.78 is 1.98. The standard InChI is InChI=1S/C20H20N4OS/c1-3-13-24-19(17-12-8-7-9-15(17)2)22-23-20(24)26-14-18(25)21-16-10-5-4-6-11-16/h3-12H,1,13-14H2,2H3,(H,21,25). The first-order valence-electron chi connectivity index (χ1n) is 8.27. The Balaban J connectivity index is 1.75. The van der Waals surface area contributed by atoms with Crippen LogP contribution in [-0.4, -0.2) is 26.4 Å². The van der Waals surface area contributed by atoms with Crippen LogP contribution in [0.25, 0.3) is 11.4 Å². The number of rotatable bonds is 7. The highest BCUT2D eigenvalue weighted by molar-refractivity contribution is 7.99. The molecule has 0 radical (unpaired) electrons. The van der Waals surface area contributed by atoms with Gasteiger partial charge in [0, 0.05) is 17.8 Å². The second-order valence-corrected chi connectivity index (χ2v) is 6.67. The van der Waals surface area contributed by atoms with Crippen LogP contribution in [0.3, 0.4) is 0 Å². The molecule has 0 saturated heterocycles. The number of hydrogen-bond donors (Lipinski definition) is 1. The number of anilines is 1. The molecular formula is C20H20N4OS. The zero-order chi connectivity index (χ0) is 18.4. The van der Waals surface area contributed by atoms with Gasteiger partial charge in [0.25, 0.3) is 0 Å². The minimum absolute atomic E-state index is 0.0770. The second kappa shape index (κ2) is 8.49. The van der Waals surface area contributed by atoms with Crippen molar-refractivity contribution in [2.24, 2.45) is 0 Å². The monoisotopic (exact) mass is 364 g/mol. The number of aromatic nitrogens is 3. The number of hydrogen-bond acceptors (Lipinski definition) is 4. The number of amides is 1. The van der Waals surface area contributed by atoms with Crippen molar-refractivity contribution in [2.45, 2.75) is 18.6 Å². The SMILES string of the molecule is C=CCn1c(SCC(=O)Nc2ccccc2)nnc1-c1ccccc1C. The summed E-state index contributed by atoms with van der Waals surface area (Å²) in [6.07, 6.45) is 1.80. The first kappa shape index (κ1) is 17.9. The van der Waals surface area contributed by atoms with E-state index in [9.17, 15) is 4.79 Å². The lowest BCUT2D eigenvalue weighted by Crippen LogP contribution is -2.14. The summed E-state index contributed by atoms with van der Waals surface area (Å²) in [6.45, 7) is 6.45. The number of carbonyl (C=O) groups excluding carboxylic acids is 1. The van der Waals surface area contributed by atoms with Gasteiger partial charge in [-0.3, -0.25) is 9.36 Å². The molecule has 0 aliphatic heterocycles. The minimum atomic E-state index is -0.0770. The zero-order valence-corrected chi connectivity index (χ0v) is 15.4. The number of benzene rings is 2. The third-order valence-corrected chi connectivity index (χ3v) is 4.77. The molecule has 1 N–H and O–H groups in total. The molecule has 0 atom stereocenters. The molecule has 132 valence electrons. The van der Waals surface area contributed by atoms with Crippen molar-refractivity contribution in [3.8, 4) is 11.4 Å². The molecule has 0 unspecified atom stereocenters. The van der Waals surface area contributed by atoms with Crippen LogP contribution in [0.4, 0.5) is 5.69 Å². The predicted molar refractivity (Wildman–Crippen MR) is 106 cm³/mol. The fourth-order valence-corrected chi connectivity index (χ4v) is 3.31. The van der Waals surface area contributed by atoms with Gasteiger partial charge in [0.1, 0.15) is 0 Å². The van der Waals surface area contributed by atoms with Crippen molar-refractivity contribution < 1.29 is 4.79 Å². The average Bonchev–Trinajstić information content (AvgIpc) is 3.04. The molecule has 3 aromatic rings. The summed E-state index contributed by atoms with van der Waals surface area (Å²) >= 11 is 1.37. The van der Waals surface area contributed by atoms with Gasteiger partial charge in [-0.2, -0.15) is 0 Å². The Hall–Kier alpha value is -2.86. The van der Waals surface area contributed by atoms with E-state index < -0.39 is 0 Å². The average molecular weight is 364 g/mol. The molecule has 0 fully saturated rings. The topological polar surface area (TPSA) is 59.8 Å². The first-order chi connectivity index (χ1) is 12.7. The molecule has 1 aromatic heterocycles. The van der Waals surface area contributed by atoms with Gasteiger partial charge in [-0.1, -0.05) is 60.3 Å². The summed E-state index contributed by atoms with van der Waals surface area (Å²) in [4.78, 5) is 12.2. The molecule has 2 aromatic carbocycles. The molecule has 26 heavy (non-hydrogen) atoms. The van der Waals surface area contributed by atoms with E-state index in [2.05, 4.69) is 22.1 Å². The second-order valence-electron chi connectivity index (χ2n) is 5.72. The Morgan fingerprint density at radius 1 is 1.15 bits per heavy atom. The Kier molecular flexibility index (Phi) is 5.86. The number of allylic oxidation sites excluding steroid dienone is 1. The van der Waals surface area contributed by atoms with Crippen LogP contribution in [0, 0.1) is 6.92 Å². The van der Waals surface area contributed by atoms with Crippen LogP contribution in [0.2, 0.25) is 0 Å². The molecule has 1 heterocycles. The van der Waals surface area contributed by atoms with Crippen molar-refractivity contribution in [1.29, 1.82) is 0 Å².